The molecule has 0 unspecified atom stereocenters. The summed E-state index contributed by atoms with van der Waals surface area (Å²) in [5.74, 6) is -0.403. The summed E-state index contributed by atoms with van der Waals surface area (Å²) >= 11 is 0. The van der Waals surface area contributed by atoms with E-state index in [1.807, 2.05) is 6.92 Å². The van der Waals surface area contributed by atoms with Gasteiger partial charge in [-0.2, -0.15) is 0 Å². The second kappa shape index (κ2) is 8.09. The molecule has 0 aliphatic rings. The third-order valence-corrected chi connectivity index (χ3v) is 3.26. The minimum absolute atomic E-state index is 0.382. The number of carbonyl (C=O) groups is 2. The van der Waals surface area contributed by atoms with E-state index in [0.29, 0.717) is 23.9 Å². The number of carbonyl (C=O) groups excluding carboxylic acids is 2. The number of aromatic nitrogens is 3. The predicted molar refractivity (Wildman–Crippen MR) is 92.9 cm³/mol. The highest BCUT2D eigenvalue weighted by molar-refractivity contribution is 6.39. The maximum atomic E-state index is 12.1. The average molecular weight is 343 g/mol. The van der Waals surface area contributed by atoms with Crippen LogP contribution >= 0.6 is 0 Å². The lowest BCUT2D eigenvalue weighted by molar-refractivity contribution is -0.136. The van der Waals surface area contributed by atoms with E-state index >= 15 is 0 Å². The molecule has 0 saturated heterocycles. The van der Waals surface area contributed by atoms with Gasteiger partial charge in [-0.15, -0.1) is 10.2 Å². The zero-order chi connectivity index (χ0) is 18.4. The van der Waals surface area contributed by atoms with Gasteiger partial charge in [0, 0.05) is 18.8 Å². The Morgan fingerprint density at radius 3 is 2.76 bits per heavy atom. The summed E-state index contributed by atoms with van der Waals surface area (Å²) in [7, 11) is 1.76. The van der Waals surface area contributed by atoms with Gasteiger partial charge in [0.05, 0.1) is 6.04 Å². The number of aryl methyl sites for hydroxylation is 1. The highest BCUT2D eigenvalue weighted by Gasteiger charge is 2.19. The molecule has 8 heteroatoms. The highest BCUT2D eigenvalue weighted by Crippen LogP contribution is 2.18. The first-order valence-corrected chi connectivity index (χ1v) is 7.70. The first-order valence-electron chi connectivity index (χ1n) is 7.70. The highest BCUT2D eigenvalue weighted by atomic mass is 16.5. The van der Waals surface area contributed by atoms with Gasteiger partial charge in [-0.05, 0) is 31.6 Å². The summed E-state index contributed by atoms with van der Waals surface area (Å²) in [6.45, 7) is 7.72. The van der Waals surface area contributed by atoms with E-state index in [0.717, 1.165) is 5.57 Å². The van der Waals surface area contributed by atoms with Crippen LogP contribution in [0.4, 0.5) is 5.69 Å². The lowest BCUT2D eigenvalue weighted by Gasteiger charge is -2.13. The van der Waals surface area contributed by atoms with Crippen LogP contribution in [0.25, 0.3) is 0 Å². The monoisotopic (exact) mass is 343 g/mol. The van der Waals surface area contributed by atoms with Gasteiger partial charge in [0.15, 0.2) is 5.82 Å². The molecule has 1 atom stereocenters. The molecule has 2 amide bonds. The van der Waals surface area contributed by atoms with Crippen LogP contribution in [0.3, 0.4) is 0 Å². The molecule has 2 aromatic rings. The molecule has 2 rings (SSSR count). The molecule has 2 N–H and O–H groups in total. The van der Waals surface area contributed by atoms with Crippen molar-refractivity contribution in [2.45, 2.75) is 19.9 Å². The maximum absolute atomic E-state index is 12.1. The molecule has 1 aromatic carbocycles. The van der Waals surface area contributed by atoms with E-state index in [-0.39, 0.29) is 0 Å². The van der Waals surface area contributed by atoms with Crippen molar-refractivity contribution >= 4 is 17.5 Å². The standard InChI is InChI=1S/C17H21N5O3/c1-11(2)9-25-14-7-5-6-13(8-14)20-17(24)16(23)19-12(3)15-21-18-10-22(15)4/h5-8,10,12H,1,9H2,2-4H3,(H,19,23)(H,20,24)/t12-/m0/s1. The number of ether oxygens (including phenoxy) is 1. The Balaban J connectivity index is 1.94. The van der Waals surface area contributed by atoms with Crippen molar-refractivity contribution in [3.05, 3.63) is 48.6 Å². The Hall–Kier alpha value is -3.16. The number of anilines is 1. The second-order valence-electron chi connectivity index (χ2n) is 5.72. The first kappa shape index (κ1) is 18.2. The van der Waals surface area contributed by atoms with Crippen molar-refractivity contribution in [3.63, 3.8) is 0 Å². The SMILES string of the molecule is C=C(C)COc1cccc(NC(=O)C(=O)N[C@@H](C)c2nncn2C)c1. The first-order chi connectivity index (χ1) is 11.9. The van der Waals surface area contributed by atoms with Crippen LogP contribution in [-0.4, -0.2) is 33.2 Å². The quantitative estimate of drug-likeness (QED) is 0.613. The van der Waals surface area contributed by atoms with E-state index in [1.54, 1.807) is 42.8 Å². The third-order valence-electron chi connectivity index (χ3n) is 3.26. The molecule has 25 heavy (non-hydrogen) atoms. The van der Waals surface area contributed by atoms with Crippen molar-refractivity contribution < 1.29 is 14.3 Å². The van der Waals surface area contributed by atoms with E-state index in [4.69, 9.17) is 4.74 Å². The van der Waals surface area contributed by atoms with Gasteiger partial charge < -0.3 is 19.9 Å². The van der Waals surface area contributed by atoms with E-state index in [1.165, 1.54) is 6.33 Å². The number of amides is 2. The van der Waals surface area contributed by atoms with Gasteiger partial charge in [-0.25, -0.2) is 0 Å². The van der Waals surface area contributed by atoms with E-state index < -0.39 is 17.9 Å². The fraction of sp³-hybridized carbons (Fsp3) is 0.294. The number of hydrogen-bond acceptors (Lipinski definition) is 5. The molecular formula is C17H21N5O3. The van der Waals surface area contributed by atoms with Crippen LogP contribution in [0.15, 0.2) is 42.7 Å². The second-order valence-corrected chi connectivity index (χ2v) is 5.72. The number of benzene rings is 1. The van der Waals surface area contributed by atoms with Gasteiger partial charge in [-0.1, -0.05) is 12.6 Å². The van der Waals surface area contributed by atoms with Crippen molar-refractivity contribution in [1.29, 1.82) is 0 Å². The van der Waals surface area contributed by atoms with Crippen LogP contribution in [0, 0.1) is 0 Å². The summed E-state index contributed by atoms with van der Waals surface area (Å²) in [6.07, 6.45) is 1.52. The van der Waals surface area contributed by atoms with Crippen molar-refractivity contribution in [2.75, 3.05) is 11.9 Å². The van der Waals surface area contributed by atoms with Crippen LogP contribution in [0.2, 0.25) is 0 Å². The Morgan fingerprint density at radius 2 is 2.12 bits per heavy atom. The molecule has 0 aliphatic carbocycles. The Morgan fingerprint density at radius 1 is 1.36 bits per heavy atom. The molecule has 0 radical (unpaired) electrons. The molecule has 1 heterocycles. The summed E-state index contributed by atoms with van der Waals surface area (Å²) < 4.78 is 7.18. The van der Waals surface area contributed by atoms with Crippen LogP contribution in [0.1, 0.15) is 25.7 Å². The average Bonchev–Trinajstić information content (AvgIpc) is 2.99. The number of nitrogens with one attached hydrogen (secondary N) is 2. The van der Waals surface area contributed by atoms with Gasteiger partial charge in [0.25, 0.3) is 0 Å². The molecular weight excluding hydrogens is 322 g/mol. The Kier molecular flexibility index (Phi) is 5.89. The molecule has 0 bridgehead atoms. The van der Waals surface area contributed by atoms with Gasteiger partial charge in [-0.3, -0.25) is 9.59 Å². The molecule has 1 aromatic heterocycles. The summed E-state index contributed by atoms with van der Waals surface area (Å²) in [5.41, 5.74) is 1.34. The zero-order valence-electron chi connectivity index (χ0n) is 14.4. The van der Waals surface area contributed by atoms with Crippen LogP contribution in [-0.2, 0) is 16.6 Å². The normalized spacial score (nSPS) is 11.5. The van der Waals surface area contributed by atoms with Crippen molar-refractivity contribution in [2.24, 2.45) is 7.05 Å². The number of rotatable bonds is 6. The largest absolute Gasteiger partial charge is 0.489 e. The smallest absolute Gasteiger partial charge is 0.313 e. The molecule has 8 nitrogen and oxygen atoms in total. The minimum Gasteiger partial charge on any atom is -0.489 e. The van der Waals surface area contributed by atoms with Crippen LogP contribution in [0.5, 0.6) is 5.75 Å². The lowest BCUT2D eigenvalue weighted by Crippen LogP contribution is -2.37. The van der Waals surface area contributed by atoms with Gasteiger partial charge in [0.2, 0.25) is 0 Å². The molecule has 0 fully saturated rings. The van der Waals surface area contributed by atoms with Crippen molar-refractivity contribution in [3.8, 4) is 5.75 Å². The molecule has 0 aliphatic heterocycles. The fourth-order valence-corrected chi connectivity index (χ4v) is 2.07. The number of hydrogen-bond donors (Lipinski definition) is 2. The number of nitrogens with zero attached hydrogens (tertiary/aromatic N) is 3. The summed E-state index contributed by atoms with van der Waals surface area (Å²) in [4.78, 5) is 24.1. The van der Waals surface area contributed by atoms with E-state index in [2.05, 4.69) is 27.4 Å². The summed E-state index contributed by atoms with van der Waals surface area (Å²) in [5, 5.41) is 12.8. The van der Waals surface area contributed by atoms with E-state index in [9.17, 15) is 9.59 Å². The van der Waals surface area contributed by atoms with Gasteiger partial charge >= 0.3 is 11.8 Å². The van der Waals surface area contributed by atoms with Gasteiger partial charge in [0.1, 0.15) is 18.7 Å². The maximum Gasteiger partial charge on any atom is 0.313 e. The zero-order valence-corrected chi connectivity index (χ0v) is 14.4. The fourth-order valence-electron chi connectivity index (χ4n) is 2.07. The third kappa shape index (κ3) is 5.17. The lowest BCUT2D eigenvalue weighted by atomic mass is 10.3. The molecule has 132 valence electrons. The summed E-state index contributed by atoms with van der Waals surface area (Å²) in [6, 6.07) is 6.35. The van der Waals surface area contributed by atoms with Crippen molar-refractivity contribution in [1.82, 2.24) is 20.1 Å². The Bertz CT molecular complexity index is 784. The minimum atomic E-state index is -0.772. The predicted octanol–water partition coefficient (Wildman–Crippen LogP) is 1.59. The van der Waals surface area contributed by atoms with Crippen LogP contribution < -0.4 is 15.4 Å². The molecule has 0 saturated carbocycles. The Labute approximate surface area is 145 Å². The molecule has 0 spiro atoms. The topological polar surface area (TPSA) is 98.1 Å².